The van der Waals surface area contributed by atoms with Gasteiger partial charge in [0.25, 0.3) is 0 Å². The van der Waals surface area contributed by atoms with Crippen molar-refractivity contribution in [3.05, 3.63) is 24.3 Å². The molecule has 44 valence electrons. The molecule has 0 spiro atoms. The molecule has 0 bridgehead atoms. The highest BCUT2D eigenvalue weighted by Crippen LogP contribution is 2.06. The van der Waals surface area contributed by atoms with Crippen LogP contribution in [0.5, 0.6) is 0 Å². The highest BCUT2D eigenvalue weighted by atomic mass is 31.1. The fourth-order valence-corrected chi connectivity index (χ4v) is 1.53. The molecule has 1 heterocycles. The van der Waals surface area contributed by atoms with E-state index in [1.165, 1.54) is 0 Å². The van der Waals surface area contributed by atoms with E-state index in [9.17, 15) is 0 Å². The second kappa shape index (κ2) is 1.82. The van der Waals surface area contributed by atoms with Gasteiger partial charge in [0.05, 0.1) is 0 Å². The molecular formula is C6H6N2P+. The van der Waals surface area contributed by atoms with Crippen molar-refractivity contribution in [1.82, 2.24) is 4.75 Å². The van der Waals surface area contributed by atoms with E-state index in [0.717, 1.165) is 11.0 Å². The van der Waals surface area contributed by atoms with Crippen molar-refractivity contribution in [2.24, 2.45) is 0 Å². The molecule has 2 nitrogen and oxygen atoms in total. The number of aromatic amines is 1. The summed E-state index contributed by atoms with van der Waals surface area (Å²) in [6, 6.07) is 8.07. The van der Waals surface area contributed by atoms with Crippen LogP contribution >= 0.6 is 8.51 Å². The number of benzene rings is 1. The Labute approximate surface area is 54.2 Å². The van der Waals surface area contributed by atoms with E-state index in [-0.39, 0.29) is 0 Å². The van der Waals surface area contributed by atoms with Gasteiger partial charge in [0.15, 0.2) is 5.52 Å². The van der Waals surface area contributed by atoms with Crippen molar-refractivity contribution >= 4 is 19.5 Å². The van der Waals surface area contributed by atoms with Crippen LogP contribution in [0.4, 0.5) is 0 Å². The van der Waals surface area contributed by atoms with Gasteiger partial charge < -0.3 is 0 Å². The van der Waals surface area contributed by atoms with Crippen LogP contribution < -0.4 is 4.75 Å². The Balaban J connectivity index is 2.95. The van der Waals surface area contributed by atoms with Gasteiger partial charge in [-0.15, -0.1) is 0 Å². The summed E-state index contributed by atoms with van der Waals surface area (Å²) < 4.78 is 7.38. The fourth-order valence-electron chi connectivity index (χ4n) is 0.825. The first-order valence-electron chi connectivity index (χ1n) is 2.77. The molecule has 0 saturated heterocycles. The van der Waals surface area contributed by atoms with Crippen LogP contribution in [-0.4, -0.2) is 4.75 Å². The maximum Gasteiger partial charge on any atom is 0.242 e. The number of fused-ring (bicyclic) bond motifs is 1. The van der Waals surface area contributed by atoms with Gasteiger partial charge in [-0.05, 0) is 16.9 Å². The van der Waals surface area contributed by atoms with Crippen LogP contribution in [0.15, 0.2) is 24.3 Å². The Kier molecular flexibility index (Phi) is 0.998. The van der Waals surface area contributed by atoms with E-state index < -0.39 is 0 Å². The zero-order valence-electron chi connectivity index (χ0n) is 4.76. The lowest BCUT2D eigenvalue weighted by molar-refractivity contribution is -0.251. The third-order valence-corrected chi connectivity index (χ3v) is 2.00. The molecule has 1 aromatic carbocycles. The van der Waals surface area contributed by atoms with Crippen LogP contribution in [0.3, 0.4) is 0 Å². The standard InChI is InChI=1S/C6H5N2P/c1-2-4-6-5(3-1)7-9-8-6/h1-4,9H/p+1. The molecule has 2 aromatic rings. The molecule has 2 rings (SSSR count). The van der Waals surface area contributed by atoms with Crippen molar-refractivity contribution < 1.29 is 4.75 Å². The van der Waals surface area contributed by atoms with Gasteiger partial charge in [0, 0.05) is 0 Å². The van der Waals surface area contributed by atoms with Crippen LogP contribution in [0.25, 0.3) is 11.0 Å². The molecule has 0 radical (unpaired) electrons. The van der Waals surface area contributed by atoms with Crippen LogP contribution in [-0.2, 0) is 0 Å². The summed E-state index contributed by atoms with van der Waals surface area (Å²) >= 11 is 0. The minimum atomic E-state index is 0.521. The molecule has 0 aliphatic heterocycles. The van der Waals surface area contributed by atoms with Gasteiger partial charge >= 0.3 is 0 Å². The van der Waals surface area contributed by atoms with E-state index in [2.05, 4.69) is 9.49 Å². The number of para-hydroxylation sites is 2. The first kappa shape index (κ1) is 4.95. The molecule has 1 unspecified atom stereocenters. The zero-order valence-corrected chi connectivity index (χ0v) is 5.76. The molecule has 0 aliphatic rings. The summed E-state index contributed by atoms with van der Waals surface area (Å²) in [5, 5.41) is 0. The Morgan fingerprint density at radius 1 is 1.33 bits per heavy atom. The maximum atomic E-state index is 4.22. The molecule has 9 heavy (non-hydrogen) atoms. The van der Waals surface area contributed by atoms with Gasteiger partial charge in [0.2, 0.25) is 14.0 Å². The van der Waals surface area contributed by atoms with Crippen LogP contribution in [0, 0.1) is 0 Å². The number of aromatic nitrogens is 2. The first-order valence-corrected chi connectivity index (χ1v) is 3.72. The third kappa shape index (κ3) is 0.718. The van der Waals surface area contributed by atoms with Gasteiger partial charge in [-0.2, -0.15) is 0 Å². The van der Waals surface area contributed by atoms with Crippen molar-refractivity contribution in [3.63, 3.8) is 0 Å². The van der Waals surface area contributed by atoms with Gasteiger partial charge in [-0.3, -0.25) is 0 Å². The Morgan fingerprint density at radius 3 is 3.11 bits per heavy atom. The quantitative estimate of drug-likeness (QED) is 0.533. The van der Waals surface area contributed by atoms with Crippen LogP contribution in [0.2, 0.25) is 0 Å². The second-order valence-electron chi connectivity index (χ2n) is 1.87. The zero-order chi connectivity index (χ0) is 6.10. The highest BCUT2D eigenvalue weighted by molar-refractivity contribution is 7.16. The summed E-state index contributed by atoms with van der Waals surface area (Å²) in [7, 11) is 0.521. The van der Waals surface area contributed by atoms with Crippen molar-refractivity contribution in [2.45, 2.75) is 0 Å². The van der Waals surface area contributed by atoms with E-state index in [0.29, 0.717) is 8.51 Å². The smallest absolute Gasteiger partial charge is 0.233 e. The van der Waals surface area contributed by atoms with Gasteiger partial charge in [-0.1, -0.05) is 12.1 Å². The molecule has 0 saturated carbocycles. The number of hydrogen-bond donors (Lipinski definition) is 0. The fraction of sp³-hybridized carbons (Fsp3) is 0. The van der Waals surface area contributed by atoms with E-state index >= 15 is 0 Å². The summed E-state index contributed by atoms with van der Waals surface area (Å²) in [5.41, 5.74) is 2.26. The maximum absolute atomic E-state index is 4.22. The Morgan fingerprint density at radius 2 is 2.22 bits per heavy atom. The molecule has 0 amide bonds. The number of nitrogens with one attached hydrogen (secondary N) is 1. The number of hydrogen-bond acceptors (Lipinski definition) is 1. The molecule has 1 aromatic heterocycles. The number of rotatable bonds is 0. The minimum absolute atomic E-state index is 0.521. The lowest BCUT2D eigenvalue weighted by atomic mass is 10.3. The predicted molar refractivity (Wildman–Crippen MR) is 37.8 cm³/mol. The summed E-state index contributed by atoms with van der Waals surface area (Å²) in [4.78, 5) is 0. The lowest BCUT2D eigenvalue weighted by Crippen LogP contribution is -1.86. The van der Waals surface area contributed by atoms with Crippen molar-refractivity contribution in [1.29, 1.82) is 0 Å². The monoisotopic (exact) mass is 137 g/mol. The summed E-state index contributed by atoms with van der Waals surface area (Å²) in [6.45, 7) is 0. The van der Waals surface area contributed by atoms with Crippen molar-refractivity contribution in [2.75, 3.05) is 0 Å². The average Bonchev–Trinajstić information content (AvgIpc) is 2.33. The first-order chi connectivity index (χ1) is 4.47. The molecule has 1 N–H and O–H groups in total. The largest absolute Gasteiger partial charge is 0.242 e. The number of nitrogens with zero attached hydrogens (tertiary/aromatic N) is 1. The molecule has 3 heteroatoms. The molecule has 1 atom stereocenters. The average molecular weight is 137 g/mol. The van der Waals surface area contributed by atoms with Gasteiger partial charge in [-0.25, -0.2) is 4.75 Å². The van der Waals surface area contributed by atoms with Crippen molar-refractivity contribution in [3.8, 4) is 0 Å². The highest BCUT2D eigenvalue weighted by Gasteiger charge is 1.98. The topological polar surface area (TPSA) is 27.0 Å². The van der Waals surface area contributed by atoms with Crippen LogP contribution in [0.1, 0.15) is 0 Å². The molecule has 0 aliphatic carbocycles. The summed E-state index contributed by atoms with van der Waals surface area (Å²) in [6.07, 6.45) is 0. The second-order valence-corrected chi connectivity index (χ2v) is 2.56. The Bertz CT molecular complexity index is 285. The molecular weight excluding hydrogens is 131 g/mol. The van der Waals surface area contributed by atoms with E-state index in [1.54, 1.807) is 0 Å². The van der Waals surface area contributed by atoms with Gasteiger partial charge in [0.1, 0.15) is 0 Å². The predicted octanol–water partition coefficient (Wildman–Crippen LogP) is 1.08. The lowest BCUT2D eigenvalue weighted by Gasteiger charge is -1.73. The number of H-pyrrole nitrogens is 1. The summed E-state index contributed by atoms with van der Waals surface area (Å²) in [5.74, 6) is 0. The SMILES string of the molecule is c1ccc2[nH+][pH]nc2c1. The third-order valence-electron chi connectivity index (χ3n) is 1.27. The van der Waals surface area contributed by atoms with E-state index in [4.69, 9.17) is 0 Å². The van der Waals surface area contributed by atoms with E-state index in [1.807, 2.05) is 24.3 Å². The normalized spacial score (nSPS) is 11.1. The minimum Gasteiger partial charge on any atom is -0.233 e. The Hall–Kier alpha value is -0.880. The molecule has 0 fully saturated rings.